The molecule has 6 nitrogen and oxygen atoms in total. The van der Waals surface area contributed by atoms with E-state index in [1.165, 1.54) is 7.11 Å². The molecule has 7 heteroatoms. The Morgan fingerprint density at radius 1 is 1.17 bits per heavy atom. The summed E-state index contributed by atoms with van der Waals surface area (Å²) in [4.78, 5) is 19.0. The fourth-order valence-electron chi connectivity index (χ4n) is 3.89. The molecule has 0 unspecified atom stereocenters. The van der Waals surface area contributed by atoms with Crippen molar-refractivity contribution in [2.24, 2.45) is 0 Å². The van der Waals surface area contributed by atoms with Gasteiger partial charge in [0, 0.05) is 24.6 Å². The lowest BCUT2D eigenvalue weighted by atomic mass is 10.0. The number of hydrogen-bond acceptors (Lipinski definition) is 4. The summed E-state index contributed by atoms with van der Waals surface area (Å²) in [6.45, 7) is 2.83. The predicted octanol–water partition coefficient (Wildman–Crippen LogP) is 3.65. The highest BCUT2D eigenvalue weighted by molar-refractivity contribution is 7.80. The van der Waals surface area contributed by atoms with Gasteiger partial charge in [-0.05, 0) is 55.5 Å². The highest BCUT2D eigenvalue weighted by Crippen LogP contribution is 2.39. The number of benzene rings is 1. The van der Waals surface area contributed by atoms with Crippen molar-refractivity contribution >= 4 is 23.3 Å². The first-order valence-corrected chi connectivity index (χ1v) is 9.89. The molecule has 1 N–H and O–H groups in total. The second-order valence-electron chi connectivity index (χ2n) is 6.72. The first kappa shape index (κ1) is 19.1. The summed E-state index contributed by atoms with van der Waals surface area (Å²) < 4.78 is 7.02. The number of para-hydroxylation sites is 1. The molecule has 0 bridgehead atoms. The predicted molar refractivity (Wildman–Crippen MR) is 115 cm³/mol. The van der Waals surface area contributed by atoms with Gasteiger partial charge in [0.2, 0.25) is 0 Å². The van der Waals surface area contributed by atoms with Crippen LogP contribution in [0.15, 0.2) is 67.0 Å². The average Bonchev–Trinajstić information content (AvgIpc) is 3.37. The van der Waals surface area contributed by atoms with Gasteiger partial charge in [0.1, 0.15) is 0 Å². The van der Waals surface area contributed by atoms with Crippen LogP contribution in [0.3, 0.4) is 0 Å². The van der Waals surface area contributed by atoms with Crippen LogP contribution < -0.4 is 5.32 Å². The van der Waals surface area contributed by atoms with E-state index in [2.05, 4.69) is 28.2 Å². The number of hydrogen-bond donors (Lipinski definition) is 1. The lowest BCUT2D eigenvalue weighted by Gasteiger charge is -2.28. The molecule has 3 heterocycles. The number of aromatic nitrogens is 2. The van der Waals surface area contributed by atoms with E-state index in [9.17, 15) is 4.79 Å². The number of nitrogens with zero attached hydrogens (tertiary/aromatic N) is 3. The van der Waals surface area contributed by atoms with Crippen LogP contribution in [0.25, 0.3) is 5.69 Å². The third kappa shape index (κ3) is 3.38. The molecule has 2 atom stereocenters. The largest absolute Gasteiger partial charge is 0.465 e. The molecule has 1 saturated heterocycles. The van der Waals surface area contributed by atoms with Crippen LogP contribution in [0.1, 0.15) is 40.8 Å². The lowest BCUT2D eigenvalue weighted by molar-refractivity contribution is 0.0600. The number of likely N-dealkylation sites (N-methyl/N-ethyl adjacent to an activating group) is 1. The molecule has 0 spiro atoms. The van der Waals surface area contributed by atoms with Crippen molar-refractivity contribution < 1.29 is 9.53 Å². The van der Waals surface area contributed by atoms with Crippen molar-refractivity contribution in [1.29, 1.82) is 0 Å². The minimum Gasteiger partial charge on any atom is -0.465 e. The lowest BCUT2D eigenvalue weighted by Crippen LogP contribution is -2.30. The average molecular weight is 407 g/mol. The first-order chi connectivity index (χ1) is 14.2. The van der Waals surface area contributed by atoms with E-state index in [0.717, 1.165) is 23.6 Å². The molecule has 1 aromatic carbocycles. The fourth-order valence-corrected chi connectivity index (χ4v) is 4.26. The molecule has 1 aliphatic heterocycles. The van der Waals surface area contributed by atoms with Gasteiger partial charge in [-0.15, -0.1) is 0 Å². The molecule has 29 heavy (non-hydrogen) atoms. The van der Waals surface area contributed by atoms with E-state index in [0.29, 0.717) is 10.7 Å². The molecule has 3 aromatic rings. The number of carbonyl (C=O) groups excluding carboxylic acids is 1. The quantitative estimate of drug-likeness (QED) is 0.516. The van der Waals surface area contributed by atoms with Crippen molar-refractivity contribution in [3.63, 3.8) is 0 Å². The first-order valence-electron chi connectivity index (χ1n) is 9.48. The topological polar surface area (TPSA) is 59.4 Å². The van der Waals surface area contributed by atoms with Crippen LogP contribution in [-0.2, 0) is 4.74 Å². The third-order valence-corrected chi connectivity index (χ3v) is 5.54. The zero-order valence-electron chi connectivity index (χ0n) is 16.3. The molecule has 1 fully saturated rings. The summed E-state index contributed by atoms with van der Waals surface area (Å²) in [6, 6.07) is 17.2. The van der Waals surface area contributed by atoms with Gasteiger partial charge in [0.25, 0.3) is 0 Å². The van der Waals surface area contributed by atoms with E-state index < -0.39 is 0 Å². The minimum absolute atomic E-state index is 0.0666. The molecule has 148 valence electrons. The second-order valence-corrected chi connectivity index (χ2v) is 7.11. The number of methoxy groups -OCH3 is 1. The van der Waals surface area contributed by atoms with Gasteiger partial charge in [-0.25, -0.2) is 4.79 Å². The zero-order chi connectivity index (χ0) is 20.4. The van der Waals surface area contributed by atoms with Crippen molar-refractivity contribution in [2.75, 3.05) is 13.7 Å². The van der Waals surface area contributed by atoms with Crippen molar-refractivity contribution in [3.05, 3.63) is 83.9 Å². The Morgan fingerprint density at radius 2 is 1.97 bits per heavy atom. The Morgan fingerprint density at radius 3 is 2.69 bits per heavy atom. The molecule has 4 rings (SSSR count). The Balaban J connectivity index is 1.84. The Hall–Kier alpha value is -3.19. The van der Waals surface area contributed by atoms with Crippen molar-refractivity contribution in [1.82, 2.24) is 19.8 Å². The molecule has 2 aromatic heterocycles. The van der Waals surface area contributed by atoms with Crippen LogP contribution in [0.2, 0.25) is 0 Å². The van der Waals surface area contributed by atoms with Crippen LogP contribution in [0.5, 0.6) is 0 Å². The fraction of sp³-hybridized carbons (Fsp3) is 0.227. The van der Waals surface area contributed by atoms with Gasteiger partial charge in [-0.2, -0.15) is 0 Å². The molecule has 0 amide bonds. The number of carbonyl (C=O) groups is 1. The van der Waals surface area contributed by atoms with Crippen molar-refractivity contribution in [2.45, 2.75) is 19.0 Å². The molecule has 0 radical (unpaired) electrons. The molecule has 1 aliphatic rings. The highest BCUT2D eigenvalue weighted by Gasteiger charge is 2.40. The Labute approximate surface area is 175 Å². The molecule has 0 aliphatic carbocycles. The van der Waals surface area contributed by atoms with Gasteiger partial charge in [0.15, 0.2) is 5.11 Å². The summed E-state index contributed by atoms with van der Waals surface area (Å²) in [5.41, 5.74) is 3.22. The summed E-state index contributed by atoms with van der Waals surface area (Å²) in [7, 11) is 1.39. The maximum atomic E-state index is 12.3. The summed E-state index contributed by atoms with van der Waals surface area (Å²) >= 11 is 5.62. The maximum Gasteiger partial charge on any atom is 0.339 e. The number of esters is 1. The maximum absolute atomic E-state index is 12.3. The Kier molecular flexibility index (Phi) is 5.31. The second kappa shape index (κ2) is 8.05. The number of thiocarbonyl (C=S) groups is 1. The van der Waals surface area contributed by atoms with Gasteiger partial charge >= 0.3 is 5.97 Å². The van der Waals surface area contributed by atoms with E-state index in [4.69, 9.17) is 17.0 Å². The summed E-state index contributed by atoms with van der Waals surface area (Å²) in [5, 5.41) is 4.12. The van der Waals surface area contributed by atoms with Crippen molar-refractivity contribution in [3.8, 4) is 5.69 Å². The number of nitrogens with one attached hydrogen (secondary N) is 1. The molecular weight excluding hydrogens is 384 g/mol. The SMILES string of the molecule is CCN1C(=S)N[C@@H](c2ccccn2)[C@@H]1c1cccn1-c1ccccc1C(=O)OC. The molecular formula is C22H22N4O2S. The van der Waals surface area contributed by atoms with Crippen LogP contribution in [0.4, 0.5) is 0 Å². The highest BCUT2D eigenvalue weighted by atomic mass is 32.1. The van der Waals surface area contributed by atoms with E-state index in [1.807, 2.05) is 53.2 Å². The summed E-state index contributed by atoms with van der Waals surface area (Å²) in [5.74, 6) is -0.367. The van der Waals surface area contributed by atoms with Crippen LogP contribution in [-0.4, -0.2) is 39.2 Å². The normalized spacial score (nSPS) is 18.6. The summed E-state index contributed by atoms with van der Waals surface area (Å²) in [6.07, 6.45) is 3.75. The monoisotopic (exact) mass is 406 g/mol. The smallest absolute Gasteiger partial charge is 0.339 e. The Bertz CT molecular complexity index is 1030. The van der Waals surface area contributed by atoms with E-state index in [-0.39, 0.29) is 18.1 Å². The van der Waals surface area contributed by atoms with Crippen LogP contribution in [0, 0.1) is 0 Å². The third-order valence-electron chi connectivity index (χ3n) is 5.19. The number of pyridine rings is 1. The number of ether oxygens (including phenoxy) is 1. The van der Waals surface area contributed by atoms with E-state index >= 15 is 0 Å². The standard InChI is InChI=1S/C22H22N4O2S/c1-3-25-20(19(24-22(25)29)16-10-6-7-13-23-16)18-12-8-14-26(18)17-11-5-4-9-15(17)21(27)28-2/h4-14,19-20H,3H2,1-2H3,(H,24,29)/t19-,20-/m0/s1. The number of rotatable bonds is 5. The van der Waals surface area contributed by atoms with E-state index in [1.54, 1.807) is 12.3 Å². The van der Waals surface area contributed by atoms with Gasteiger partial charge in [-0.1, -0.05) is 18.2 Å². The van der Waals surface area contributed by atoms with Crippen LogP contribution >= 0.6 is 12.2 Å². The zero-order valence-corrected chi connectivity index (χ0v) is 17.1. The van der Waals surface area contributed by atoms with Gasteiger partial charge in [0.05, 0.1) is 36.1 Å². The molecule has 0 saturated carbocycles. The van der Waals surface area contributed by atoms with Gasteiger partial charge < -0.3 is 19.5 Å². The van der Waals surface area contributed by atoms with Gasteiger partial charge in [-0.3, -0.25) is 4.98 Å². The minimum atomic E-state index is -0.367.